The van der Waals surface area contributed by atoms with Crippen LogP contribution in [-0.2, 0) is 0 Å². The van der Waals surface area contributed by atoms with Gasteiger partial charge in [0.25, 0.3) is 0 Å². The van der Waals surface area contributed by atoms with Gasteiger partial charge in [0.2, 0.25) is 0 Å². The number of hydrogen-bond acceptors (Lipinski definition) is 4. The third kappa shape index (κ3) is 2.17. The lowest BCUT2D eigenvalue weighted by atomic mass is 10.2. The molecule has 4 nitrogen and oxygen atoms in total. The van der Waals surface area contributed by atoms with Gasteiger partial charge in [-0.3, -0.25) is 0 Å². The van der Waals surface area contributed by atoms with Crippen LogP contribution in [0.4, 0.5) is 5.82 Å². The highest BCUT2D eigenvalue weighted by molar-refractivity contribution is 5.56. The second kappa shape index (κ2) is 4.59. The maximum Gasteiger partial charge on any atom is 0.152 e. The van der Waals surface area contributed by atoms with E-state index in [2.05, 4.69) is 21.3 Å². The quantitative estimate of drug-likeness (QED) is 0.851. The molecular formula is C13H15N3O. The Kier molecular flexibility index (Phi) is 2.80. The molecule has 0 aliphatic carbocycles. The van der Waals surface area contributed by atoms with Crippen molar-refractivity contribution in [3.63, 3.8) is 0 Å². The van der Waals surface area contributed by atoms with Crippen LogP contribution in [0.25, 0.3) is 11.5 Å². The Balaban J connectivity index is 1.88. The fraction of sp³-hybridized carbons (Fsp3) is 0.308. The first-order valence-corrected chi connectivity index (χ1v) is 5.90. The molecule has 0 amide bonds. The van der Waals surface area contributed by atoms with Crippen molar-refractivity contribution in [2.45, 2.75) is 0 Å². The number of hydrogen-bond donors (Lipinski definition) is 1. The Bertz CT molecular complexity index is 475. The minimum absolute atomic E-state index is 0.821. The van der Waals surface area contributed by atoms with Crippen molar-refractivity contribution in [1.82, 2.24) is 10.3 Å². The topological polar surface area (TPSA) is 41.3 Å². The van der Waals surface area contributed by atoms with Gasteiger partial charge in [0.05, 0.1) is 6.26 Å². The van der Waals surface area contributed by atoms with Crippen LogP contribution in [0.5, 0.6) is 0 Å². The summed E-state index contributed by atoms with van der Waals surface area (Å²) in [6.45, 7) is 4.06. The van der Waals surface area contributed by atoms with E-state index in [0.717, 1.165) is 43.5 Å². The first-order chi connectivity index (χ1) is 8.43. The van der Waals surface area contributed by atoms with Crippen molar-refractivity contribution in [2.24, 2.45) is 0 Å². The van der Waals surface area contributed by atoms with Crippen LogP contribution in [-0.4, -0.2) is 31.2 Å². The molecule has 0 bridgehead atoms. The summed E-state index contributed by atoms with van der Waals surface area (Å²) in [6.07, 6.45) is 1.68. The van der Waals surface area contributed by atoms with E-state index < -0.39 is 0 Å². The molecule has 0 aromatic carbocycles. The van der Waals surface area contributed by atoms with Crippen molar-refractivity contribution in [1.29, 1.82) is 0 Å². The molecule has 3 heterocycles. The monoisotopic (exact) mass is 229 g/mol. The fourth-order valence-corrected chi connectivity index (χ4v) is 2.05. The maximum absolute atomic E-state index is 5.37. The molecule has 1 aliphatic rings. The van der Waals surface area contributed by atoms with Gasteiger partial charge in [-0.2, -0.15) is 0 Å². The summed E-state index contributed by atoms with van der Waals surface area (Å²) in [5, 5.41) is 3.34. The number of rotatable bonds is 2. The van der Waals surface area contributed by atoms with Crippen LogP contribution in [0.2, 0.25) is 0 Å². The second-order valence-electron chi connectivity index (χ2n) is 4.10. The summed E-state index contributed by atoms with van der Waals surface area (Å²) in [5.74, 6) is 1.85. The smallest absolute Gasteiger partial charge is 0.152 e. The number of nitrogens with zero attached hydrogens (tertiary/aromatic N) is 2. The molecule has 88 valence electrons. The number of nitrogens with one attached hydrogen (secondary N) is 1. The van der Waals surface area contributed by atoms with E-state index in [1.54, 1.807) is 6.26 Å². The van der Waals surface area contributed by atoms with Crippen LogP contribution < -0.4 is 10.2 Å². The minimum atomic E-state index is 0.821. The largest absolute Gasteiger partial charge is 0.463 e. The molecule has 0 unspecified atom stereocenters. The average molecular weight is 229 g/mol. The molecule has 0 atom stereocenters. The first kappa shape index (κ1) is 10.4. The van der Waals surface area contributed by atoms with Gasteiger partial charge in [0.1, 0.15) is 11.5 Å². The zero-order valence-corrected chi connectivity index (χ0v) is 9.60. The van der Waals surface area contributed by atoms with E-state index in [1.807, 2.05) is 24.3 Å². The third-order valence-corrected chi connectivity index (χ3v) is 2.95. The third-order valence-electron chi connectivity index (χ3n) is 2.95. The molecule has 0 saturated carbocycles. The van der Waals surface area contributed by atoms with Crippen LogP contribution in [0.1, 0.15) is 0 Å². The van der Waals surface area contributed by atoms with Gasteiger partial charge in [-0.15, -0.1) is 0 Å². The van der Waals surface area contributed by atoms with Gasteiger partial charge in [-0.25, -0.2) is 4.98 Å². The summed E-state index contributed by atoms with van der Waals surface area (Å²) in [4.78, 5) is 6.94. The van der Waals surface area contributed by atoms with E-state index in [1.165, 1.54) is 0 Å². The second-order valence-corrected chi connectivity index (χ2v) is 4.10. The predicted molar refractivity (Wildman–Crippen MR) is 67.0 cm³/mol. The zero-order chi connectivity index (χ0) is 11.5. The highest BCUT2D eigenvalue weighted by Crippen LogP contribution is 2.21. The minimum Gasteiger partial charge on any atom is -0.463 e. The van der Waals surface area contributed by atoms with E-state index >= 15 is 0 Å². The Hall–Kier alpha value is -1.81. The van der Waals surface area contributed by atoms with Crippen LogP contribution >= 0.6 is 0 Å². The van der Waals surface area contributed by atoms with Crippen molar-refractivity contribution < 1.29 is 4.42 Å². The van der Waals surface area contributed by atoms with E-state index in [4.69, 9.17) is 4.42 Å². The highest BCUT2D eigenvalue weighted by atomic mass is 16.3. The van der Waals surface area contributed by atoms with Crippen molar-refractivity contribution in [3.8, 4) is 11.5 Å². The van der Waals surface area contributed by atoms with Gasteiger partial charge >= 0.3 is 0 Å². The molecule has 4 heteroatoms. The van der Waals surface area contributed by atoms with Gasteiger partial charge in [-0.1, -0.05) is 6.07 Å². The first-order valence-electron chi connectivity index (χ1n) is 5.90. The summed E-state index contributed by atoms with van der Waals surface area (Å²) >= 11 is 0. The Morgan fingerprint density at radius 1 is 1.12 bits per heavy atom. The van der Waals surface area contributed by atoms with Crippen molar-refractivity contribution in [2.75, 3.05) is 31.1 Å². The van der Waals surface area contributed by atoms with Gasteiger partial charge in [0, 0.05) is 26.2 Å². The Labute approximate surface area is 100 Å². The summed E-state index contributed by atoms with van der Waals surface area (Å²) in [6, 6.07) is 9.88. The molecule has 2 aromatic heterocycles. The lowest BCUT2D eigenvalue weighted by molar-refractivity contribution is 0.576. The molecule has 3 rings (SSSR count). The van der Waals surface area contributed by atoms with Crippen LogP contribution in [0, 0.1) is 0 Å². The number of piperazine rings is 1. The highest BCUT2D eigenvalue weighted by Gasteiger charge is 2.12. The molecule has 1 aliphatic heterocycles. The number of pyridine rings is 1. The summed E-state index contributed by atoms with van der Waals surface area (Å²) < 4.78 is 5.37. The average Bonchev–Trinajstić information content (AvgIpc) is 2.94. The molecular weight excluding hydrogens is 214 g/mol. The Morgan fingerprint density at radius 2 is 2.00 bits per heavy atom. The molecule has 17 heavy (non-hydrogen) atoms. The normalized spacial score (nSPS) is 16.1. The zero-order valence-electron chi connectivity index (χ0n) is 9.60. The number of aromatic nitrogens is 1. The fourth-order valence-electron chi connectivity index (χ4n) is 2.05. The lowest BCUT2D eigenvalue weighted by Crippen LogP contribution is -2.43. The summed E-state index contributed by atoms with van der Waals surface area (Å²) in [7, 11) is 0. The van der Waals surface area contributed by atoms with E-state index in [-0.39, 0.29) is 0 Å². The maximum atomic E-state index is 5.37. The molecule has 1 fully saturated rings. The molecule has 1 N–H and O–H groups in total. The van der Waals surface area contributed by atoms with Gasteiger partial charge in [0.15, 0.2) is 5.76 Å². The molecule has 2 aromatic rings. The Morgan fingerprint density at radius 3 is 2.76 bits per heavy atom. The molecule has 0 radical (unpaired) electrons. The van der Waals surface area contributed by atoms with Crippen LogP contribution in [0.3, 0.4) is 0 Å². The molecule has 1 saturated heterocycles. The van der Waals surface area contributed by atoms with Gasteiger partial charge < -0.3 is 14.6 Å². The molecule has 0 spiro atoms. The lowest BCUT2D eigenvalue weighted by Gasteiger charge is -2.28. The summed E-state index contributed by atoms with van der Waals surface area (Å²) in [5.41, 5.74) is 0.894. The van der Waals surface area contributed by atoms with Crippen molar-refractivity contribution >= 4 is 5.82 Å². The van der Waals surface area contributed by atoms with Gasteiger partial charge in [-0.05, 0) is 24.3 Å². The van der Waals surface area contributed by atoms with Crippen molar-refractivity contribution in [3.05, 3.63) is 36.6 Å². The van der Waals surface area contributed by atoms with Crippen LogP contribution in [0.15, 0.2) is 41.0 Å². The van der Waals surface area contributed by atoms with E-state index in [0.29, 0.717) is 0 Å². The standard InChI is InChI=1S/C13H15N3O/c1-3-11(12-4-2-10-17-12)15-13(5-1)16-8-6-14-7-9-16/h1-5,10,14H,6-9H2. The predicted octanol–water partition coefficient (Wildman–Crippen LogP) is 1.75. The SMILES string of the molecule is c1cc(-c2ccco2)nc(N2CCNCC2)c1. The van der Waals surface area contributed by atoms with E-state index in [9.17, 15) is 0 Å². The number of furan rings is 1. The number of anilines is 1.